The lowest BCUT2D eigenvalue weighted by Crippen LogP contribution is -2.17. The fourth-order valence-electron chi connectivity index (χ4n) is 2.07. The first-order valence-electron chi connectivity index (χ1n) is 7.13. The van der Waals surface area contributed by atoms with E-state index < -0.39 is 9.85 Å². The molecule has 0 saturated carbocycles. The van der Waals surface area contributed by atoms with E-state index in [9.17, 15) is 20.2 Å². The van der Waals surface area contributed by atoms with E-state index in [1.165, 1.54) is 12.4 Å². The van der Waals surface area contributed by atoms with E-state index in [1.54, 1.807) is 0 Å². The molecule has 0 fully saturated rings. The number of aromatic nitrogens is 4. The van der Waals surface area contributed by atoms with Gasteiger partial charge in [-0.2, -0.15) is 0 Å². The van der Waals surface area contributed by atoms with Gasteiger partial charge in [0.05, 0.1) is 0 Å². The molecule has 0 radical (unpaired) electrons. The summed E-state index contributed by atoms with van der Waals surface area (Å²) in [6.45, 7) is 1.55. The van der Waals surface area contributed by atoms with Gasteiger partial charge in [-0.1, -0.05) is 9.97 Å². The molecular weight excluding hydrogens is 306 g/mol. The van der Waals surface area contributed by atoms with Crippen molar-refractivity contribution < 1.29 is 9.85 Å². The van der Waals surface area contributed by atoms with Gasteiger partial charge < -0.3 is 25.5 Å². The van der Waals surface area contributed by atoms with Gasteiger partial charge in [-0.3, -0.25) is 0 Å². The number of rotatable bonds is 10. The number of nitrogens with one attached hydrogen (secondary N) is 3. The maximum atomic E-state index is 10.5. The minimum absolute atomic E-state index is 0.235. The van der Waals surface area contributed by atoms with Gasteiger partial charge in [-0.25, -0.2) is 9.97 Å². The molecule has 2 heterocycles. The Hall–Kier alpha value is -2.82. The number of hydrogen-bond acceptors (Lipinski definition) is 7. The summed E-state index contributed by atoms with van der Waals surface area (Å²) in [5.41, 5.74) is 1.48. The Morgan fingerprint density at radius 3 is 1.70 bits per heavy atom. The zero-order chi connectivity index (χ0) is 16.7. The van der Waals surface area contributed by atoms with Crippen molar-refractivity contribution in [2.75, 3.05) is 13.1 Å². The van der Waals surface area contributed by atoms with Crippen LogP contribution in [0.25, 0.3) is 0 Å². The molecule has 0 aromatic carbocycles. The molecule has 11 nitrogen and oxygen atoms in total. The number of aryl methyl sites for hydroxylation is 2. The summed E-state index contributed by atoms with van der Waals surface area (Å²) in [5, 5.41) is 24.2. The third-order valence-electron chi connectivity index (χ3n) is 3.18. The van der Waals surface area contributed by atoms with Crippen molar-refractivity contribution in [1.82, 2.24) is 25.3 Å². The summed E-state index contributed by atoms with van der Waals surface area (Å²) in [6.07, 6.45) is 5.97. The Labute approximate surface area is 130 Å². The van der Waals surface area contributed by atoms with Crippen molar-refractivity contribution in [1.29, 1.82) is 0 Å². The third kappa shape index (κ3) is 5.14. The van der Waals surface area contributed by atoms with Gasteiger partial charge in [0.1, 0.15) is 23.8 Å². The van der Waals surface area contributed by atoms with Crippen molar-refractivity contribution in [2.24, 2.45) is 0 Å². The Morgan fingerprint density at radius 1 is 0.913 bits per heavy atom. The second-order valence-electron chi connectivity index (χ2n) is 4.94. The average molecular weight is 323 g/mol. The lowest BCUT2D eigenvalue weighted by atomic mass is 10.2. The first-order chi connectivity index (χ1) is 11.1. The molecule has 124 valence electrons. The van der Waals surface area contributed by atoms with Crippen LogP contribution in [-0.4, -0.2) is 42.9 Å². The highest BCUT2D eigenvalue weighted by Crippen LogP contribution is 2.07. The summed E-state index contributed by atoms with van der Waals surface area (Å²) in [5.74, 6) is -0.469. The molecule has 0 atom stereocenters. The smallest absolute Gasteiger partial charge is 0.390 e. The number of H-pyrrole nitrogens is 2. The lowest BCUT2D eigenvalue weighted by molar-refractivity contribution is -0.394. The molecular formula is C12H17N7O4. The Bertz CT molecular complexity index is 610. The van der Waals surface area contributed by atoms with Crippen molar-refractivity contribution in [3.63, 3.8) is 0 Å². The van der Waals surface area contributed by atoms with Gasteiger partial charge >= 0.3 is 11.9 Å². The molecule has 0 spiro atoms. The monoisotopic (exact) mass is 323 g/mol. The zero-order valence-electron chi connectivity index (χ0n) is 12.3. The van der Waals surface area contributed by atoms with Crippen LogP contribution in [-0.2, 0) is 12.8 Å². The van der Waals surface area contributed by atoms with Crippen LogP contribution in [0.4, 0.5) is 11.9 Å². The second-order valence-corrected chi connectivity index (χ2v) is 4.94. The fraction of sp³-hybridized carbons (Fsp3) is 0.500. The molecule has 2 rings (SSSR count). The van der Waals surface area contributed by atoms with Crippen LogP contribution in [0.1, 0.15) is 24.2 Å². The molecule has 11 heteroatoms. The molecule has 0 aliphatic rings. The summed E-state index contributed by atoms with van der Waals surface area (Å²) in [7, 11) is 0. The third-order valence-corrected chi connectivity index (χ3v) is 3.18. The standard InChI is InChI=1S/C12H17N7O4/c20-18(21)11-14-7-9(16-11)3-1-5-13-6-2-4-10-8-15-12(17-10)19(22)23/h7-8,13H,1-6H2,(H,14,16)(H,15,17). The Morgan fingerprint density at radius 2 is 1.35 bits per heavy atom. The minimum atomic E-state index is -0.554. The summed E-state index contributed by atoms with van der Waals surface area (Å²) < 4.78 is 0. The quantitative estimate of drug-likeness (QED) is 0.336. The first-order valence-corrected chi connectivity index (χ1v) is 7.13. The molecule has 3 N–H and O–H groups in total. The highest BCUT2D eigenvalue weighted by molar-refractivity contribution is 5.11. The molecule has 0 unspecified atom stereocenters. The number of hydrogen-bond donors (Lipinski definition) is 3. The van der Waals surface area contributed by atoms with E-state index >= 15 is 0 Å². The number of nitro groups is 2. The van der Waals surface area contributed by atoms with Crippen LogP contribution in [0.15, 0.2) is 12.4 Å². The molecule has 2 aromatic heterocycles. The van der Waals surface area contributed by atoms with E-state index in [4.69, 9.17) is 0 Å². The number of aromatic amines is 2. The zero-order valence-corrected chi connectivity index (χ0v) is 12.3. The van der Waals surface area contributed by atoms with E-state index in [0.29, 0.717) is 12.8 Å². The molecule has 0 aliphatic carbocycles. The van der Waals surface area contributed by atoms with Gasteiger partial charge in [0.25, 0.3) is 0 Å². The normalized spacial score (nSPS) is 10.8. The Balaban J connectivity index is 1.55. The van der Waals surface area contributed by atoms with Crippen LogP contribution in [0.3, 0.4) is 0 Å². The topological polar surface area (TPSA) is 156 Å². The number of imidazole rings is 2. The van der Waals surface area contributed by atoms with Crippen molar-refractivity contribution >= 4 is 11.9 Å². The molecule has 0 aliphatic heterocycles. The predicted octanol–water partition coefficient (Wildman–Crippen LogP) is 1.10. The largest absolute Gasteiger partial charge is 0.432 e. The van der Waals surface area contributed by atoms with Crippen molar-refractivity contribution in [2.45, 2.75) is 25.7 Å². The van der Waals surface area contributed by atoms with E-state index in [-0.39, 0.29) is 11.9 Å². The van der Waals surface area contributed by atoms with Crippen LogP contribution < -0.4 is 5.32 Å². The van der Waals surface area contributed by atoms with Crippen LogP contribution in [0, 0.1) is 20.2 Å². The Kier molecular flexibility index (Phi) is 5.74. The van der Waals surface area contributed by atoms with E-state index in [2.05, 4.69) is 25.3 Å². The lowest BCUT2D eigenvalue weighted by Gasteiger charge is -2.02. The van der Waals surface area contributed by atoms with Crippen LogP contribution in [0.5, 0.6) is 0 Å². The van der Waals surface area contributed by atoms with Gasteiger partial charge in [0, 0.05) is 12.8 Å². The predicted molar refractivity (Wildman–Crippen MR) is 80.0 cm³/mol. The van der Waals surface area contributed by atoms with Crippen LogP contribution in [0.2, 0.25) is 0 Å². The molecule has 23 heavy (non-hydrogen) atoms. The minimum Gasteiger partial charge on any atom is -0.390 e. The summed E-state index contributed by atoms with van der Waals surface area (Å²) in [4.78, 5) is 32.4. The fourth-order valence-corrected chi connectivity index (χ4v) is 2.07. The summed E-state index contributed by atoms with van der Waals surface area (Å²) in [6, 6.07) is 0. The maximum absolute atomic E-state index is 10.5. The second kappa shape index (κ2) is 7.98. The molecule has 0 saturated heterocycles. The maximum Gasteiger partial charge on any atom is 0.432 e. The van der Waals surface area contributed by atoms with Gasteiger partial charge in [0.2, 0.25) is 0 Å². The van der Waals surface area contributed by atoms with E-state index in [1.807, 2.05) is 0 Å². The van der Waals surface area contributed by atoms with Crippen molar-refractivity contribution in [3.05, 3.63) is 44.0 Å². The van der Waals surface area contributed by atoms with Crippen LogP contribution >= 0.6 is 0 Å². The van der Waals surface area contributed by atoms with Gasteiger partial charge in [-0.15, -0.1) is 0 Å². The van der Waals surface area contributed by atoms with E-state index in [0.717, 1.165) is 37.3 Å². The van der Waals surface area contributed by atoms with Gasteiger partial charge in [-0.05, 0) is 35.8 Å². The molecule has 0 amide bonds. The first kappa shape index (κ1) is 16.5. The number of nitrogens with zero attached hydrogens (tertiary/aromatic N) is 4. The highest BCUT2D eigenvalue weighted by Gasteiger charge is 2.11. The summed E-state index contributed by atoms with van der Waals surface area (Å²) >= 11 is 0. The molecule has 0 bridgehead atoms. The molecule has 2 aromatic rings. The average Bonchev–Trinajstić information content (AvgIpc) is 3.15. The van der Waals surface area contributed by atoms with Gasteiger partial charge in [0.15, 0.2) is 0 Å². The highest BCUT2D eigenvalue weighted by atomic mass is 16.6. The van der Waals surface area contributed by atoms with Crippen molar-refractivity contribution in [3.8, 4) is 0 Å². The SMILES string of the molecule is O=[N+]([O-])c1ncc(CCCNCCCc2cnc([N+](=O)[O-])[nH]2)[nH]1.